The van der Waals surface area contributed by atoms with E-state index < -0.39 is 5.91 Å². The Hall–Kier alpha value is -3.74. The lowest BCUT2D eigenvalue weighted by molar-refractivity contribution is -0.120. The molecular formula is C20H18N4O3. The molecule has 2 amide bonds. The third kappa shape index (κ3) is 4.46. The van der Waals surface area contributed by atoms with Crippen LogP contribution in [0.2, 0.25) is 0 Å². The van der Waals surface area contributed by atoms with E-state index in [0.717, 1.165) is 16.5 Å². The zero-order valence-corrected chi connectivity index (χ0v) is 14.7. The van der Waals surface area contributed by atoms with Gasteiger partial charge in [-0.3, -0.25) is 14.4 Å². The van der Waals surface area contributed by atoms with Gasteiger partial charge in [0.25, 0.3) is 17.4 Å². The first kappa shape index (κ1) is 18.1. The van der Waals surface area contributed by atoms with Gasteiger partial charge in [0, 0.05) is 11.1 Å². The molecule has 0 spiro atoms. The topological polar surface area (TPSA) is 103 Å². The van der Waals surface area contributed by atoms with Crippen molar-refractivity contribution in [3.05, 3.63) is 81.6 Å². The Bertz CT molecular complexity index is 1090. The van der Waals surface area contributed by atoms with Crippen LogP contribution in [-0.4, -0.2) is 29.6 Å². The second-order valence-electron chi connectivity index (χ2n) is 5.93. The monoisotopic (exact) mass is 362 g/mol. The van der Waals surface area contributed by atoms with Gasteiger partial charge in [0.2, 0.25) is 0 Å². The number of carbonyl (C=O) groups excluding carboxylic acids is 2. The average Bonchev–Trinajstić information content (AvgIpc) is 2.67. The molecule has 7 heteroatoms. The summed E-state index contributed by atoms with van der Waals surface area (Å²) in [6.07, 6.45) is 1.27. The number of hydrogen-bond donors (Lipinski definition) is 3. The van der Waals surface area contributed by atoms with Crippen LogP contribution in [0.15, 0.2) is 64.5 Å². The number of hydrazone groups is 1. The molecule has 3 rings (SSSR count). The number of fused-ring (bicyclic) bond motifs is 1. The molecule has 0 saturated carbocycles. The Labute approximate surface area is 155 Å². The van der Waals surface area contributed by atoms with Gasteiger partial charge in [-0.15, -0.1) is 0 Å². The summed E-state index contributed by atoms with van der Waals surface area (Å²) in [6.45, 7) is 1.60. The number of aryl methyl sites for hydroxylation is 1. The molecule has 0 fully saturated rings. The average molecular weight is 362 g/mol. The van der Waals surface area contributed by atoms with Crippen molar-refractivity contribution >= 4 is 28.9 Å². The first-order valence-corrected chi connectivity index (χ1v) is 8.32. The van der Waals surface area contributed by atoms with Gasteiger partial charge in [-0.1, -0.05) is 36.4 Å². The zero-order valence-electron chi connectivity index (χ0n) is 14.7. The van der Waals surface area contributed by atoms with Crippen LogP contribution >= 0.6 is 0 Å². The van der Waals surface area contributed by atoms with E-state index in [1.165, 1.54) is 6.21 Å². The minimum absolute atomic E-state index is 0.224. The van der Waals surface area contributed by atoms with Gasteiger partial charge in [0.1, 0.15) is 0 Å². The number of rotatable bonds is 5. The molecule has 0 bridgehead atoms. The summed E-state index contributed by atoms with van der Waals surface area (Å²) < 4.78 is 0. The van der Waals surface area contributed by atoms with Gasteiger partial charge in [0.15, 0.2) is 0 Å². The van der Waals surface area contributed by atoms with Gasteiger partial charge < -0.3 is 10.3 Å². The fourth-order valence-corrected chi connectivity index (χ4v) is 2.56. The lowest BCUT2D eigenvalue weighted by atomic mass is 10.1. The number of H-pyrrole nitrogens is 1. The van der Waals surface area contributed by atoms with Crippen molar-refractivity contribution in [3.63, 3.8) is 0 Å². The van der Waals surface area contributed by atoms with Crippen molar-refractivity contribution in [3.8, 4) is 0 Å². The van der Waals surface area contributed by atoms with Crippen LogP contribution in [0.25, 0.3) is 10.9 Å². The summed E-state index contributed by atoms with van der Waals surface area (Å²) in [7, 11) is 0. The fraction of sp³-hybridized carbons (Fsp3) is 0.100. The summed E-state index contributed by atoms with van der Waals surface area (Å²) in [5.74, 6) is -0.830. The zero-order chi connectivity index (χ0) is 19.2. The molecule has 2 aromatic carbocycles. The maximum atomic E-state index is 12.1. The van der Waals surface area contributed by atoms with Crippen molar-refractivity contribution in [2.45, 2.75) is 6.92 Å². The molecule has 3 aromatic rings. The van der Waals surface area contributed by atoms with E-state index in [4.69, 9.17) is 0 Å². The van der Waals surface area contributed by atoms with Crippen molar-refractivity contribution in [1.29, 1.82) is 0 Å². The highest BCUT2D eigenvalue weighted by Gasteiger charge is 2.09. The summed E-state index contributed by atoms with van der Waals surface area (Å²) in [6, 6.07) is 16.1. The molecule has 0 radical (unpaired) electrons. The van der Waals surface area contributed by atoms with E-state index in [0.29, 0.717) is 11.1 Å². The quantitative estimate of drug-likeness (QED) is 0.475. The largest absolute Gasteiger partial charge is 0.343 e. The Morgan fingerprint density at radius 3 is 2.67 bits per heavy atom. The van der Waals surface area contributed by atoms with Crippen LogP contribution in [0.3, 0.4) is 0 Å². The van der Waals surface area contributed by atoms with Crippen LogP contribution in [0.4, 0.5) is 0 Å². The van der Waals surface area contributed by atoms with E-state index in [1.807, 2.05) is 37.3 Å². The lowest BCUT2D eigenvalue weighted by Gasteiger charge is -2.06. The summed E-state index contributed by atoms with van der Waals surface area (Å²) in [5.41, 5.74) is 4.36. The number of amides is 2. The van der Waals surface area contributed by atoms with E-state index in [9.17, 15) is 14.4 Å². The highest BCUT2D eigenvalue weighted by molar-refractivity contribution is 5.97. The molecular weight excluding hydrogens is 344 g/mol. The molecule has 0 atom stereocenters. The highest BCUT2D eigenvalue weighted by atomic mass is 16.2. The number of aromatic nitrogens is 1. The van der Waals surface area contributed by atoms with Gasteiger partial charge in [0.05, 0.1) is 18.3 Å². The predicted octanol–water partition coefficient (Wildman–Crippen LogP) is 1.72. The molecule has 7 nitrogen and oxygen atoms in total. The highest BCUT2D eigenvalue weighted by Crippen LogP contribution is 2.09. The van der Waals surface area contributed by atoms with Crippen LogP contribution in [0, 0.1) is 6.92 Å². The van der Waals surface area contributed by atoms with E-state index in [1.54, 1.807) is 24.3 Å². The summed E-state index contributed by atoms with van der Waals surface area (Å²) >= 11 is 0. The van der Waals surface area contributed by atoms with Crippen molar-refractivity contribution in [2.75, 3.05) is 6.54 Å². The number of para-hydroxylation sites is 1. The molecule has 0 unspecified atom stereocenters. The predicted molar refractivity (Wildman–Crippen MR) is 104 cm³/mol. The summed E-state index contributed by atoms with van der Waals surface area (Å²) in [5, 5.41) is 7.17. The Balaban J connectivity index is 1.58. The first-order chi connectivity index (χ1) is 13.0. The van der Waals surface area contributed by atoms with Crippen LogP contribution in [0.1, 0.15) is 21.5 Å². The van der Waals surface area contributed by atoms with E-state index >= 15 is 0 Å². The Morgan fingerprint density at radius 2 is 1.85 bits per heavy atom. The molecule has 1 heterocycles. The summed E-state index contributed by atoms with van der Waals surface area (Å²) in [4.78, 5) is 38.6. The number of nitrogens with one attached hydrogen (secondary N) is 3. The molecule has 1 aromatic heterocycles. The van der Waals surface area contributed by atoms with Gasteiger partial charge in [-0.2, -0.15) is 5.10 Å². The molecule has 0 saturated heterocycles. The van der Waals surface area contributed by atoms with Crippen molar-refractivity contribution in [1.82, 2.24) is 15.7 Å². The van der Waals surface area contributed by atoms with Crippen molar-refractivity contribution < 1.29 is 9.59 Å². The lowest BCUT2D eigenvalue weighted by Crippen LogP contribution is -2.35. The molecule has 136 valence electrons. The van der Waals surface area contributed by atoms with E-state index in [-0.39, 0.29) is 18.0 Å². The minimum atomic E-state index is -0.495. The third-order valence-electron chi connectivity index (χ3n) is 3.97. The maximum Gasteiger partial charge on any atom is 0.259 e. The normalized spacial score (nSPS) is 10.9. The number of hydrogen-bond acceptors (Lipinski definition) is 4. The van der Waals surface area contributed by atoms with Crippen molar-refractivity contribution in [2.24, 2.45) is 5.10 Å². The molecule has 0 aliphatic heterocycles. The van der Waals surface area contributed by atoms with Crippen LogP contribution < -0.4 is 16.3 Å². The fourth-order valence-electron chi connectivity index (χ4n) is 2.56. The number of carbonyl (C=O) groups is 2. The van der Waals surface area contributed by atoms with Crippen LogP contribution in [-0.2, 0) is 4.79 Å². The van der Waals surface area contributed by atoms with Gasteiger partial charge in [-0.05, 0) is 36.1 Å². The number of aromatic amines is 1. The van der Waals surface area contributed by atoms with E-state index in [2.05, 4.69) is 20.8 Å². The first-order valence-electron chi connectivity index (χ1n) is 8.32. The van der Waals surface area contributed by atoms with Gasteiger partial charge in [-0.25, -0.2) is 5.43 Å². The molecule has 3 N–H and O–H groups in total. The SMILES string of the molecule is Cc1ccccc1C(=O)NCC(=O)NN=Cc1cc2ccccc2[nH]c1=O. The Kier molecular flexibility index (Phi) is 5.41. The maximum absolute atomic E-state index is 12.1. The van der Waals surface area contributed by atoms with Crippen LogP contribution in [0.5, 0.6) is 0 Å². The Morgan fingerprint density at radius 1 is 1.11 bits per heavy atom. The smallest absolute Gasteiger partial charge is 0.259 e. The van der Waals surface area contributed by atoms with Gasteiger partial charge >= 0.3 is 0 Å². The molecule has 0 aliphatic carbocycles. The second-order valence-corrected chi connectivity index (χ2v) is 5.93. The second kappa shape index (κ2) is 8.09. The number of pyridine rings is 1. The number of nitrogens with zero attached hydrogens (tertiary/aromatic N) is 1. The third-order valence-corrected chi connectivity index (χ3v) is 3.97. The standard InChI is InChI=1S/C20H18N4O3/c1-13-6-2-4-8-16(13)20(27)21-12-18(25)24-22-11-15-10-14-7-3-5-9-17(14)23-19(15)26/h2-11H,12H2,1H3,(H,21,27)(H,23,26)(H,24,25). The molecule has 27 heavy (non-hydrogen) atoms. The number of benzene rings is 2. The molecule has 0 aliphatic rings. The minimum Gasteiger partial charge on any atom is -0.343 e.